The summed E-state index contributed by atoms with van der Waals surface area (Å²) in [6.45, 7) is 4.00. The molecule has 6 nitrogen and oxygen atoms in total. The van der Waals surface area contributed by atoms with Crippen molar-refractivity contribution in [3.8, 4) is 28.4 Å². The Morgan fingerprint density at radius 2 is 1.32 bits per heavy atom. The lowest BCUT2D eigenvalue weighted by Crippen LogP contribution is -2.22. The monoisotopic (exact) mass is 448 g/mol. The molecule has 0 radical (unpaired) electrons. The second-order valence-electron chi connectivity index (χ2n) is 8.31. The summed E-state index contributed by atoms with van der Waals surface area (Å²) in [4.78, 5) is 13.3. The molecule has 34 heavy (non-hydrogen) atoms. The molecule has 0 spiro atoms. The number of hydrogen-bond donors (Lipinski definition) is 2. The molecule has 0 unspecified atom stereocenters. The molecule has 168 valence electrons. The molecule has 6 heteroatoms. The Balaban J connectivity index is 1.66. The summed E-state index contributed by atoms with van der Waals surface area (Å²) < 4.78 is 7.58. The van der Waals surface area contributed by atoms with Crippen LogP contribution in [0, 0.1) is 13.8 Å². The Morgan fingerprint density at radius 3 is 1.94 bits per heavy atom. The van der Waals surface area contributed by atoms with Crippen LogP contribution in [0.4, 0.5) is 11.4 Å². The SMILES string of the molecule is Cc1cc(-c2nn(-c3ccc(N)cc3)c(=O)c3ccccc23)cc(C)c1Oc1ccc(N)cc1. The summed E-state index contributed by atoms with van der Waals surface area (Å²) >= 11 is 0. The van der Waals surface area contributed by atoms with Crippen molar-refractivity contribution in [3.63, 3.8) is 0 Å². The first-order valence-electron chi connectivity index (χ1n) is 10.9. The lowest BCUT2D eigenvalue weighted by molar-refractivity contribution is 0.475. The molecule has 0 amide bonds. The van der Waals surface area contributed by atoms with E-state index in [1.54, 1.807) is 24.3 Å². The predicted octanol–water partition coefficient (Wildman–Crippen LogP) is 5.63. The van der Waals surface area contributed by atoms with Gasteiger partial charge in [0, 0.05) is 22.3 Å². The Kier molecular flexibility index (Phi) is 5.26. The molecule has 1 heterocycles. The van der Waals surface area contributed by atoms with Crippen molar-refractivity contribution in [2.24, 2.45) is 0 Å². The van der Waals surface area contributed by atoms with Crippen LogP contribution >= 0.6 is 0 Å². The van der Waals surface area contributed by atoms with E-state index in [9.17, 15) is 4.79 Å². The maximum absolute atomic E-state index is 13.3. The molecule has 0 bridgehead atoms. The van der Waals surface area contributed by atoms with Gasteiger partial charge < -0.3 is 16.2 Å². The molecule has 0 aliphatic heterocycles. The number of ether oxygens (including phenoxy) is 1. The standard InChI is InChI=1S/C28H24N4O2/c1-17-15-19(16-18(2)27(17)34-23-13-9-21(30)10-14-23)26-24-5-3-4-6-25(24)28(33)32(31-26)22-11-7-20(29)8-12-22/h3-16H,29-30H2,1-2H3. The summed E-state index contributed by atoms with van der Waals surface area (Å²) in [7, 11) is 0. The van der Waals surface area contributed by atoms with E-state index in [4.69, 9.17) is 21.3 Å². The Hall–Kier alpha value is -4.58. The average Bonchev–Trinajstić information content (AvgIpc) is 2.83. The first kappa shape index (κ1) is 21.3. The normalized spacial score (nSPS) is 11.0. The van der Waals surface area contributed by atoms with Gasteiger partial charge in [-0.3, -0.25) is 4.79 Å². The highest BCUT2D eigenvalue weighted by atomic mass is 16.5. The second kappa shape index (κ2) is 8.41. The van der Waals surface area contributed by atoms with Crippen LogP contribution < -0.4 is 21.8 Å². The quantitative estimate of drug-likeness (QED) is 0.348. The molecule has 5 aromatic rings. The van der Waals surface area contributed by atoms with E-state index < -0.39 is 0 Å². The summed E-state index contributed by atoms with van der Waals surface area (Å²) in [5.41, 5.74) is 17.0. The van der Waals surface area contributed by atoms with E-state index in [1.165, 1.54) is 4.68 Å². The Bertz CT molecular complexity index is 1550. The molecular weight excluding hydrogens is 424 g/mol. The molecule has 4 N–H and O–H groups in total. The van der Waals surface area contributed by atoms with E-state index in [1.807, 2.05) is 74.5 Å². The van der Waals surface area contributed by atoms with Crippen LogP contribution in [0.25, 0.3) is 27.7 Å². The van der Waals surface area contributed by atoms with Crippen molar-refractivity contribution in [2.75, 3.05) is 11.5 Å². The lowest BCUT2D eigenvalue weighted by atomic mass is 10.00. The van der Waals surface area contributed by atoms with E-state index >= 15 is 0 Å². The first-order valence-corrected chi connectivity index (χ1v) is 10.9. The third-order valence-electron chi connectivity index (χ3n) is 5.78. The molecule has 0 saturated heterocycles. The Labute approximate surface area is 197 Å². The summed E-state index contributed by atoms with van der Waals surface area (Å²) in [6, 6.07) is 26.0. The van der Waals surface area contributed by atoms with Crippen molar-refractivity contribution < 1.29 is 4.74 Å². The third-order valence-corrected chi connectivity index (χ3v) is 5.78. The number of aryl methyl sites for hydroxylation is 2. The average molecular weight is 449 g/mol. The lowest BCUT2D eigenvalue weighted by Gasteiger charge is -2.16. The zero-order chi connectivity index (χ0) is 23.8. The zero-order valence-corrected chi connectivity index (χ0v) is 18.9. The molecule has 0 aliphatic carbocycles. The van der Waals surface area contributed by atoms with Gasteiger partial charge in [0.25, 0.3) is 5.56 Å². The number of nitrogens with zero attached hydrogens (tertiary/aromatic N) is 2. The number of aromatic nitrogens is 2. The molecule has 0 fully saturated rings. The number of nitrogens with two attached hydrogens (primary N) is 2. The fourth-order valence-corrected chi connectivity index (χ4v) is 4.09. The van der Waals surface area contributed by atoms with Gasteiger partial charge in [-0.05, 0) is 91.7 Å². The maximum Gasteiger partial charge on any atom is 0.279 e. The van der Waals surface area contributed by atoms with Crippen LogP contribution in [0.1, 0.15) is 11.1 Å². The van der Waals surface area contributed by atoms with Crippen molar-refractivity contribution in [1.29, 1.82) is 0 Å². The van der Waals surface area contributed by atoms with Gasteiger partial charge in [0.15, 0.2) is 0 Å². The molecule has 4 aromatic carbocycles. The van der Waals surface area contributed by atoms with Crippen LogP contribution in [0.3, 0.4) is 0 Å². The van der Waals surface area contributed by atoms with Gasteiger partial charge in [-0.2, -0.15) is 9.78 Å². The van der Waals surface area contributed by atoms with E-state index in [-0.39, 0.29) is 5.56 Å². The van der Waals surface area contributed by atoms with Gasteiger partial charge in [-0.25, -0.2) is 0 Å². The highest BCUT2D eigenvalue weighted by molar-refractivity contribution is 5.94. The van der Waals surface area contributed by atoms with E-state index in [2.05, 4.69) is 0 Å². The van der Waals surface area contributed by atoms with Crippen molar-refractivity contribution in [2.45, 2.75) is 13.8 Å². The number of hydrogen-bond acceptors (Lipinski definition) is 5. The van der Waals surface area contributed by atoms with Gasteiger partial charge in [-0.1, -0.05) is 18.2 Å². The van der Waals surface area contributed by atoms with Gasteiger partial charge in [0.1, 0.15) is 11.5 Å². The maximum atomic E-state index is 13.3. The molecule has 0 saturated carbocycles. The minimum Gasteiger partial charge on any atom is -0.457 e. The molecule has 1 aromatic heterocycles. The van der Waals surface area contributed by atoms with Crippen molar-refractivity contribution in [3.05, 3.63) is 106 Å². The predicted molar refractivity (Wildman–Crippen MR) is 138 cm³/mol. The number of benzene rings is 4. The van der Waals surface area contributed by atoms with Crippen LogP contribution in [0.5, 0.6) is 11.5 Å². The largest absolute Gasteiger partial charge is 0.457 e. The van der Waals surface area contributed by atoms with E-state index in [0.717, 1.165) is 33.5 Å². The van der Waals surface area contributed by atoms with Crippen molar-refractivity contribution in [1.82, 2.24) is 9.78 Å². The zero-order valence-electron chi connectivity index (χ0n) is 18.9. The van der Waals surface area contributed by atoms with Gasteiger partial charge in [0.2, 0.25) is 0 Å². The first-order chi connectivity index (χ1) is 16.4. The smallest absolute Gasteiger partial charge is 0.279 e. The minimum atomic E-state index is -0.180. The number of rotatable bonds is 4. The number of fused-ring (bicyclic) bond motifs is 1. The van der Waals surface area contributed by atoms with Gasteiger partial charge in [-0.15, -0.1) is 0 Å². The summed E-state index contributed by atoms with van der Waals surface area (Å²) in [6.07, 6.45) is 0. The van der Waals surface area contributed by atoms with Gasteiger partial charge >= 0.3 is 0 Å². The van der Waals surface area contributed by atoms with Crippen LogP contribution in [-0.2, 0) is 0 Å². The van der Waals surface area contributed by atoms with Crippen molar-refractivity contribution >= 4 is 22.1 Å². The highest BCUT2D eigenvalue weighted by Gasteiger charge is 2.16. The molecule has 5 rings (SSSR count). The van der Waals surface area contributed by atoms with Crippen LogP contribution in [0.2, 0.25) is 0 Å². The highest BCUT2D eigenvalue weighted by Crippen LogP contribution is 2.35. The second-order valence-corrected chi connectivity index (χ2v) is 8.31. The van der Waals surface area contributed by atoms with Crippen LogP contribution in [0.15, 0.2) is 89.7 Å². The third kappa shape index (κ3) is 3.86. The molecular formula is C28H24N4O2. The van der Waals surface area contributed by atoms with E-state index in [0.29, 0.717) is 28.2 Å². The fourth-order valence-electron chi connectivity index (χ4n) is 4.09. The van der Waals surface area contributed by atoms with Gasteiger partial charge in [0.05, 0.1) is 16.8 Å². The summed E-state index contributed by atoms with van der Waals surface area (Å²) in [5.74, 6) is 1.50. The fraction of sp³-hybridized carbons (Fsp3) is 0.0714. The van der Waals surface area contributed by atoms with Crippen LogP contribution in [-0.4, -0.2) is 9.78 Å². The number of nitrogen functional groups attached to an aromatic ring is 2. The summed E-state index contributed by atoms with van der Waals surface area (Å²) in [5, 5.41) is 6.18. The minimum absolute atomic E-state index is 0.180. The Morgan fingerprint density at radius 1 is 0.765 bits per heavy atom. The topological polar surface area (TPSA) is 96.2 Å². The number of anilines is 2. The molecule has 0 atom stereocenters. The molecule has 0 aliphatic rings.